The number of fused-ring (bicyclic) bond motifs is 2. The topological polar surface area (TPSA) is 70.3 Å². The summed E-state index contributed by atoms with van der Waals surface area (Å²) in [5.74, 6) is 0. The molecule has 0 atom stereocenters. The van der Waals surface area contributed by atoms with Crippen LogP contribution in [0.5, 0.6) is 0 Å². The third-order valence-corrected chi connectivity index (χ3v) is 3.48. The highest BCUT2D eigenvalue weighted by atomic mass is 16.2. The molecule has 3 N–H and O–H groups in total. The van der Waals surface area contributed by atoms with Gasteiger partial charge in [0.1, 0.15) is 0 Å². The minimum atomic E-state index is 0. The molecular weight excluding hydrogens is 244 g/mol. The average molecular weight is 276 g/mol. The lowest BCUT2D eigenvalue weighted by molar-refractivity contribution is 0.186. The maximum Gasteiger partial charge on any atom is 0.320 e. The van der Waals surface area contributed by atoms with Crippen molar-refractivity contribution in [1.82, 2.24) is 20.0 Å². The molecule has 2 heterocycles. The van der Waals surface area contributed by atoms with Gasteiger partial charge in [0.05, 0.1) is 0 Å². The Morgan fingerprint density at radius 1 is 1.00 bits per heavy atom. The zero-order valence-corrected chi connectivity index (χ0v) is 12.6. The largest absolute Gasteiger partial charge is 0.412 e. The molecule has 2 amide bonds. The molecule has 6 nitrogen and oxygen atoms in total. The van der Waals surface area contributed by atoms with Crippen molar-refractivity contribution in [2.45, 2.75) is 20.8 Å². The molecule has 2 bridgehead atoms. The van der Waals surface area contributed by atoms with Crippen LogP contribution in [0.3, 0.4) is 0 Å². The Bertz CT molecular complexity index is 257. The lowest BCUT2D eigenvalue weighted by Crippen LogP contribution is -2.38. The first kappa shape index (κ1) is 18.1. The summed E-state index contributed by atoms with van der Waals surface area (Å²) in [6.45, 7) is 14.8. The highest BCUT2D eigenvalue weighted by molar-refractivity contribution is 5.76. The zero-order chi connectivity index (χ0) is 13.4. The number of hydrogen-bond acceptors (Lipinski definition) is 3. The molecule has 2 saturated heterocycles. The number of carbonyl (C=O) groups is 1. The van der Waals surface area contributed by atoms with Crippen LogP contribution in [0.2, 0.25) is 0 Å². The van der Waals surface area contributed by atoms with Gasteiger partial charge in [-0.05, 0) is 6.54 Å². The Labute approximate surface area is 118 Å². The molecule has 6 heteroatoms. The van der Waals surface area contributed by atoms with Crippen LogP contribution < -0.4 is 5.32 Å². The molecule has 0 spiro atoms. The molecular formula is C13H32N4O2. The highest BCUT2D eigenvalue weighted by Gasteiger charge is 2.27. The average Bonchev–Trinajstić information content (AvgIpc) is 2.73. The number of amides is 2. The summed E-state index contributed by atoms with van der Waals surface area (Å²) >= 11 is 0. The van der Waals surface area contributed by atoms with E-state index in [-0.39, 0.29) is 12.9 Å². The first-order valence-corrected chi connectivity index (χ1v) is 7.28. The maximum absolute atomic E-state index is 11.9. The van der Waals surface area contributed by atoms with E-state index >= 15 is 0 Å². The van der Waals surface area contributed by atoms with Crippen molar-refractivity contribution in [2.24, 2.45) is 0 Å². The number of urea groups is 1. The number of likely N-dealkylation sites (N-methyl/N-ethyl adjacent to an activating group) is 1. The van der Waals surface area contributed by atoms with Crippen molar-refractivity contribution >= 4 is 6.03 Å². The molecule has 0 aliphatic carbocycles. The monoisotopic (exact) mass is 276 g/mol. The van der Waals surface area contributed by atoms with E-state index in [0.29, 0.717) is 0 Å². The molecule has 116 valence electrons. The zero-order valence-electron chi connectivity index (χ0n) is 12.6. The van der Waals surface area contributed by atoms with Crippen LogP contribution in [0, 0.1) is 0 Å². The summed E-state index contributed by atoms with van der Waals surface area (Å²) in [5.41, 5.74) is 0. The van der Waals surface area contributed by atoms with E-state index in [4.69, 9.17) is 0 Å². The van der Waals surface area contributed by atoms with E-state index in [9.17, 15) is 4.79 Å². The molecule has 2 aliphatic heterocycles. The van der Waals surface area contributed by atoms with E-state index in [1.54, 1.807) is 0 Å². The van der Waals surface area contributed by atoms with Crippen LogP contribution in [0.25, 0.3) is 0 Å². The molecule has 0 radical (unpaired) electrons. The smallest absolute Gasteiger partial charge is 0.320 e. The summed E-state index contributed by atoms with van der Waals surface area (Å²) in [5, 5.41) is 3.40. The summed E-state index contributed by atoms with van der Waals surface area (Å²) in [6.07, 6.45) is 0. The number of carbonyl (C=O) groups excluding carboxylic acids is 1. The molecule has 0 aromatic carbocycles. The fourth-order valence-corrected chi connectivity index (χ4v) is 2.31. The summed E-state index contributed by atoms with van der Waals surface area (Å²) < 4.78 is 0. The molecule has 0 unspecified atom stereocenters. The Balaban J connectivity index is 0. The van der Waals surface area contributed by atoms with Gasteiger partial charge in [0, 0.05) is 53.8 Å². The van der Waals surface area contributed by atoms with Crippen molar-refractivity contribution < 1.29 is 11.7 Å². The van der Waals surface area contributed by atoms with Crippen LogP contribution in [0.15, 0.2) is 0 Å². The predicted molar refractivity (Wildman–Crippen MR) is 80.6 cm³/mol. The highest BCUT2D eigenvalue weighted by Crippen LogP contribution is 2.08. The molecule has 2 rings (SSSR count). The van der Waals surface area contributed by atoms with Crippen LogP contribution >= 0.6 is 0 Å². The van der Waals surface area contributed by atoms with Gasteiger partial charge in [-0.3, -0.25) is 0 Å². The molecule has 2 fully saturated rings. The second-order valence-corrected chi connectivity index (χ2v) is 4.44. The first-order valence-electron chi connectivity index (χ1n) is 7.28. The van der Waals surface area contributed by atoms with E-state index in [0.717, 1.165) is 58.9 Å². The normalized spacial score (nSPS) is 21.1. The van der Waals surface area contributed by atoms with Gasteiger partial charge in [0.15, 0.2) is 0 Å². The molecule has 2 aliphatic rings. The number of nitrogens with zero attached hydrogens (tertiary/aromatic N) is 3. The minimum absolute atomic E-state index is 0. The minimum Gasteiger partial charge on any atom is -0.412 e. The van der Waals surface area contributed by atoms with Gasteiger partial charge < -0.3 is 25.5 Å². The van der Waals surface area contributed by atoms with Gasteiger partial charge in [-0.25, -0.2) is 4.79 Å². The van der Waals surface area contributed by atoms with E-state index < -0.39 is 0 Å². The predicted octanol–water partition coefficient (Wildman–Crippen LogP) is 0.0966. The summed E-state index contributed by atoms with van der Waals surface area (Å²) in [6, 6.07) is 0.222. The van der Waals surface area contributed by atoms with Crippen LogP contribution in [-0.2, 0) is 0 Å². The maximum atomic E-state index is 11.9. The standard InChI is InChI=1S/C11H22N4O.C2H6.H2O.H2/c1-2-13-5-3-12-4-6-14-9-10-15(8-7-13)11(14)16;1-2;;/h12H,2-10H2,1H3;1-2H3;1H2;1H. The number of hydrogen-bond donors (Lipinski definition) is 1. The Morgan fingerprint density at radius 3 is 2.16 bits per heavy atom. The fourth-order valence-electron chi connectivity index (χ4n) is 2.31. The third kappa shape index (κ3) is 5.34. The van der Waals surface area contributed by atoms with Gasteiger partial charge in [-0.1, -0.05) is 20.8 Å². The number of rotatable bonds is 1. The van der Waals surface area contributed by atoms with Crippen molar-refractivity contribution in [3.63, 3.8) is 0 Å². The lowest BCUT2D eigenvalue weighted by atomic mass is 10.4. The van der Waals surface area contributed by atoms with Crippen molar-refractivity contribution in [3.8, 4) is 0 Å². The van der Waals surface area contributed by atoms with Crippen LogP contribution in [-0.4, -0.2) is 85.1 Å². The summed E-state index contributed by atoms with van der Waals surface area (Å²) in [7, 11) is 0. The Morgan fingerprint density at radius 2 is 1.53 bits per heavy atom. The first-order chi connectivity index (χ1) is 8.81. The molecule has 0 saturated carbocycles. The lowest BCUT2D eigenvalue weighted by Gasteiger charge is -2.23. The van der Waals surface area contributed by atoms with Gasteiger partial charge in [0.2, 0.25) is 0 Å². The van der Waals surface area contributed by atoms with Gasteiger partial charge in [-0.2, -0.15) is 0 Å². The number of nitrogens with one attached hydrogen (secondary N) is 1. The van der Waals surface area contributed by atoms with Gasteiger partial charge in [-0.15, -0.1) is 0 Å². The molecule has 0 aromatic rings. The second kappa shape index (κ2) is 10.00. The van der Waals surface area contributed by atoms with Gasteiger partial charge >= 0.3 is 6.03 Å². The SMILES string of the molecule is CC.CCN1CCNCCN2CCN(CC1)C2=O.O.[HH]. The van der Waals surface area contributed by atoms with Crippen molar-refractivity contribution in [3.05, 3.63) is 0 Å². The van der Waals surface area contributed by atoms with Gasteiger partial charge in [0.25, 0.3) is 0 Å². The van der Waals surface area contributed by atoms with Crippen LogP contribution in [0.4, 0.5) is 4.79 Å². The van der Waals surface area contributed by atoms with Crippen molar-refractivity contribution in [2.75, 3.05) is 58.9 Å². The molecule has 19 heavy (non-hydrogen) atoms. The van der Waals surface area contributed by atoms with E-state index in [2.05, 4.69) is 17.1 Å². The second-order valence-electron chi connectivity index (χ2n) is 4.44. The quantitative estimate of drug-likeness (QED) is 0.738. The van der Waals surface area contributed by atoms with Crippen molar-refractivity contribution in [1.29, 1.82) is 0 Å². The summed E-state index contributed by atoms with van der Waals surface area (Å²) in [4.78, 5) is 18.3. The van der Waals surface area contributed by atoms with E-state index in [1.165, 1.54) is 0 Å². The Kier molecular flexibility index (Phi) is 9.55. The Hall–Kier alpha value is -0.850. The molecule has 0 aromatic heterocycles. The van der Waals surface area contributed by atoms with Crippen LogP contribution in [0.1, 0.15) is 22.2 Å². The van der Waals surface area contributed by atoms with E-state index in [1.807, 2.05) is 23.6 Å². The fraction of sp³-hybridized carbons (Fsp3) is 0.923. The third-order valence-electron chi connectivity index (χ3n) is 3.48.